The van der Waals surface area contributed by atoms with Crippen LogP contribution < -0.4 is 5.32 Å². The van der Waals surface area contributed by atoms with Crippen molar-refractivity contribution in [1.82, 2.24) is 5.32 Å². The Bertz CT molecular complexity index is 274. The average molecular weight is 246 g/mol. The molecule has 1 amide bonds. The Morgan fingerprint density at radius 3 is 3.00 bits per heavy atom. The molecule has 0 aliphatic rings. The monoisotopic (exact) mass is 245 g/mol. The van der Waals surface area contributed by atoms with Gasteiger partial charge >= 0.3 is 0 Å². The van der Waals surface area contributed by atoms with Crippen LogP contribution in [0.25, 0.3) is 0 Å². The van der Waals surface area contributed by atoms with Gasteiger partial charge in [-0.3, -0.25) is 4.79 Å². The molecule has 0 unspecified atom stereocenters. The predicted molar refractivity (Wildman–Crippen MR) is 65.6 cm³/mol. The van der Waals surface area contributed by atoms with Gasteiger partial charge in [-0.2, -0.15) is 0 Å². The highest BCUT2D eigenvalue weighted by Gasteiger charge is 2.01. The molecule has 0 saturated heterocycles. The maximum atomic E-state index is 11.3. The molecule has 15 heavy (non-hydrogen) atoms. The lowest BCUT2D eigenvalue weighted by molar-refractivity contribution is -0.121. The summed E-state index contributed by atoms with van der Waals surface area (Å²) < 4.78 is 0. The Hall–Kier alpha value is -0.540. The fourth-order valence-electron chi connectivity index (χ4n) is 1.26. The van der Waals surface area contributed by atoms with Crippen LogP contribution in [-0.4, -0.2) is 18.3 Å². The number of carbonyl (C=O) groups is 1. The topological polar surface area (TPSA) is 29.1 Å². The Morgan fingerprint density at radius 2 is 2.33 bits per heavy atom. The summed E-state index contributed by atoms with van der Waals surface area (Å²) in [4.78, 5) is 12.6. The van der Waals surface area contributed by atoms with Crippen LogP contribution in [0.1, 0.15) is 24.1 Å². The molecule has 1 aromatic rings. The first-order valence-corrected chi connectivity index (χ1v) is 6.59. The lowest BCUT2D eigenvalue weighted by atomic mass is 10.2. The highest BCUT2D eigenvalue weighted by atomic mass is 35.5. The second kappa shape index (κ2) is 7.71. The number of nitrogens with one attached hydrogen (secondary N) is 1. The Kier molecular flexibility index (Phi) is 6.44. The minimum atomic E-state index is 0.136. The van der Waals surface area contributed by atoms with E-state index in [4.69, 9.17) is 11.6 Å². The van der Waals surface area contributed by atoms with Gasteiger partial charge in [0, 0.05) is 23.7 Å². The van der Waals surface area contributed by atoms with E-state index in [1.165, 1.54) is 4.88 Å². The van der Waals surface area contributed by atoms with Gasteiger partial charge in [-0.05, 0) is 30.7 Å². The van der Waals surface area contributed by atoms with Gasteiger partial charge in [-0.25, -0.2) is 0 Å². The largest absolute Gasteiger partial charge is 0.356 e. The van der Waals surface area contributed by atoms with Crippen molar-refractivity contribution >= 4 is 28.8 Å². The second-order valence-corrected chi connectivity index (χ2v) is 4.74. The van der Waals surface area contributed by atoms with Crippen molar-refractivity contribution in [2.75, 3.05) is 12.4 Å². The molecule has 1 rings (SSSR count). The quantitative estimate of drug-likeness (QED) is 0.581. The zero-order valence-electron chi connectivity index (χ0n) is 8.67. The van der Waals surface area contributed by atoms with Gasteiger partial charge in [0.1, 0.15) is 0 Å². The van der Waals surface area contributed by atoms with Crippen molar-refractivity contribution in [3.05, 3.63) is 22.4 Å². The molecule has 2 nitrogen and oxygen atoms in total. The number of hydrogen-bond donors (Lipinski definition) is 1. The van der Waals surface area contributed by atoms with Gasteiger partial charge in [-0.1, -0.05) is 6.07 Å². The second-order valence-electron chi connectivity index (χ2n) is 3.33. The first kappa shape index (κ1) is 12.5. The summed E-state index contributed by atoms with van der Waals surface area (Å²) in [5.41, 5.74) is 0. The van der Waals surface area contributed by atoms with Gasteiger partial charge in [0.2, 0.25) is 5.91 Å². The molecular weight excluding hydrogens is 230 g/mol. The van der Waals surface area contributed by atoms with E-state index in [2.05, 4.69) is 16.8 Å². The van der Waals surface area contributed by atoms with Gasteiger partial charge < -0.3 is 5.32 Å². The van der Waals surface area contributed by atoms with Crippen molar-refractivity contribution in [3.8, 4) is 0 Å². The highest BCUT2D eigenvalue weighted by Crippen LogP contribution is 2.11. The van der Waals surface area contributed by atoms with Gasteiger partial charge in [0.15, 0.2) is 0 Å². The minimum Gasteiger partial charge on any atom is -0.356 e. The molecule has 0 spiro atoms. The first-order valence-electron chi connectivity index (χ1n) is 5.18. The third-order valence-corrected chi connectivity index (χ3v) is 3.24. The normalized spacial score (nSPS) is 10.2. The van der Waals surface area contributed by atoms with Gasteiger partial charge in [0.05, 0.1) is 0 Å². The smallest absolute Gasteiger partial charge is 0.220 e. The summed E-state index contributed by atoms with van der Waals surface area (Å²) in [7, 11) is 0. The molecule has 1 heterocycles. The van der Waals surface area contributed by atoms with Crippen LogP contribution in [-0.2, 0) is 11.2 Å². The lowest BCUT2D eigenvalue weighted by Gasteiger charge is -2.02. The van der Waals surface area contributed by atoms with Crippen molar-refractivity contribution in [2.45, 2.75) is 25.7 Å². The summed E-state index contributed by atoms with van der Waals surface area (Å²) in [5.74, 6) is 0.742. The van der Waals surface area contributed by atoms with E-state index in [9.17, 15) is 4.79 Å². The van der Waals surface area contributed by atoms with E-state index in [0.717, 1.165) is 19.3 Å². The predicted octanol–water partition coefficient (Wildman–Crippen LogP) is 2.82. The maximum absolute atomic E-state index is 11.3. The number of alkyl halides is 1. The van der Waals surface area contributed by atoms with Crippen LogP contribution in [0.4, 0.5) is 0 Å². The fraction of sp³-hybridized carbons (Fsp3) is 0.545. The van der Waals surface area contributed by atoms with E-state index >= 15 is 0 Å². The lowest BCUT2D eigenvalue weighted by Crippen LogP contribution is -2.24. The number of thiophene rings is 1. The van der Waals surface area contributed by atoms with Crippen molar-refractivity contribution < 1.29 is 4.79 Å². The minimum absolute atomic E-state index is 0.136. The molecule has 0 aromatic carbocycles. The van der Waals surface area contributed by atoms with E-state index < -0.39 is 0 Å². The molecule has 1 aromatic heterocycles. The number of rotatable bonds is 7. The Balaban J connectivity index is 2.02. The third kappa shape index (κ3) is 5.80. The molecule has 0 fully saturated rings. The molecule has 0 aliphatic carbocycles. The summed E-state index contributed by atoms with van der Waals surface area (Å²) in [6.07, 6.45) is 3.38. The third-order valence-electron chi connectivity index (χ3n) is 2.04. The summed E-state index contributed by atoms with van der Waals surface area (Å²) in [5, 5.41) is 4.91. The SMILES string of the molecule is O=C(CCCc1cccs1)NCCCCl. The molecule has 84 valence electrons. The van der Waals surface area contributed by atoms with Crippen LogP contribution in [0.5, 0.6) is 0 Å². The number of amides is 1. The Morgan fingerprint density at radius 1 is 1.47 bits per heavy atom. The summed E-state index contributed by atoms with van der Waals surface area (Å²) >= 11 is 7.25. The Labute approximate surface area is 99.6 Å². The van der Waals surface area contributed by atoms with Crippen LogP contribution in [0.15, 0.2) is 17.5 Å². The number of hydrogen-bond acceptors (Lipinski definition) is 2. The molecule has 4 heteroatoms. The van der Waals surface area contributed by atoms with Crippen molar-refractivity contribution in [3.63, 3.8) is 0 Å². The number of carbonyl (C=O) groups excluding carboxylic acids is 1. The molecule has 0 radical (unpaired) electrons. The summed E-state index contributed by atoms with van der Waals surface area (Å²) in [6, 6.07) is 4.15. The molecule has 0 saturated carbocycles. The summed E-state index contributed by atoms with van der Waals surface area (Å²) in [6.45, 7) is 0.696. The fourth-order valence-corrected chi connectivity index (χ4v) is 2.15. The van der Waals surface area contributed by atoms with E-state index in [1.54, 1.807) is 11.3 Å². The van der Waals surface area contributed by atoms with Crippen molar-refractivity contribution in [1.29, 1.82) is 0 Å². The zero-order chi connectivity index (χ0) is 10.9. The number of halogens is 1. The number of aryl methyl sites for hydroxylation is 1. The molecule has 0 atom stereocenters. The molecule has 1 N–H and O–H groups in total. The van der Waals surface area contributed by atoms with Crippen LogP contribution in [0.2, 0.25) is 0 Å². The molecule has 0 bridgehead atoms. The zero-order valence-corrected chi connectivity index (χ0v) is 10.2. The highest BCUT2D eigenvalue weighted by molar-refractivity contribution is 7.09. The van der Waals surface area contributed by atoms with E-state index in [0.29, 0.717) is 18.8 Å². The molecule has 0 aliphatic heterocycles. The van der Waals surface area contributed by atoms with Crippen LogP contribution in [0, 0.1) is 0 Å². The van der Waals surface area contributed by atoms with E-state index in [-0.39, 0.29) is 5.91 Å². The van der Waals surface area contributed by atoms with Gasteiger partial charge in [0.25, 0.3) is 0 Å². The van der Waals surface area contributed by atoms with Crippen LogP contribution in [0.3, 0.4) is 0 Å². The maximum Gasteiger partial charge on any atom is 0.220 e. The van der Waals surface area contributed by atoms with Crippen LogP contribution >= 0.6 is 22.9 Å². The standard InChI is InChI=1S/C11H16ClNOS/c12-7-3-8-13-11(14)6-1-4-10-5-2-9-15-10/h2,5,9H,1,3-4,6-8H2,(H,13,14). The van der Waals surface area contributed by atoms with Crippen molar-refractivity contribution in [2.24, 2.45) is 0 Å². The first-order chi connectivity index (χ1) is 7.33. The molecular formula is C11H16ClNOS. The van der Waals surface area contributed by atoms with E-state index in [1.807, 2.05) is 6.07 Å². The average Bonchev–Trinajstić information content (AvgIpc) is 2.71. The van der Waals surface area contributed by atoms with Gasteiger partial charge in [-0.15, -0.1) is 22.9 Å².